The molecule has 0 amide bonds. The van der Waals surface area contributed by atoms with Gasteiger partial charge in [0.25, 0.3) is 0 Å². The van der Waals surface area contributed by atoms with Crippen LogP contribution in [0.25, 0.3) is 0 Å². The van der Waals surface area contributed by atoms with E-state index >= 15 is 0 Å². The predicted molar refractivity (Wildman–Crippen MR) is 71.4 cm³/mol. The topological polar surface area (TPSA) is 45.0 Å². The van der Waals surface area contributed by atoms with Crippen molar-refractivity contribution in [1.82, 2.24) is 0 Å². The standard InChI is InChI=1S/C15H12F2N2O/c1-20-14-4-2-3-11(8-18)15(14)19-9-10-5-6-12(16)13(17)7-10/h2-7,19H,9H2,1H3. The summed E-state index contributed by atoms with van der Waals surface area (Å²) in [7, 11) is 1.50. The summed E-state index contributed by atoms with van der Waals surface area (Å²) in [6.45, 7) is 0.256. The second-order valence-corrected chi connectivity index (χ2v) is 4.10. The summed E-state index contributed by atoms with van der Waals surface area (Å²) in [5.74, 6) is -1.26. The predicted octanol–water partition coefficient (Wildman–Crippen LogP) is 3.46. The molecule has 0 aliphatic carbocycles. The van der Waals surface area contributed by atoms with Crippen molar-refractivity contribution in [2.24, 2.45) is 0 Å². The average molecular weight is 274 g/mol. The third kappa shape index (κ3) is 2.86. The first kappa shape index (κ1) is 13.8. The average Bonchev–Trinajstić information content (AvgIpc) is 2.48. The summed E-state index contributed by atoms with van der Waals surface area (Å²) in [6, 6.07) is 10.8. The smallest absolute Gasteiger partial charge is 0.159 e. The van der Waals surface area contributed by atoms with E-state index in [-0.39, 0.29) is 6.54 Å². The molecule has 102 valence electrons. The van der Waals surface area contributed by atoms with Gasteiger partial charge in [0.05, 0.1) is 18.4 Å². The van der Waals surface area contributed by atoms with E-state index in [1.165, 1.54) is 13.2 Å². The van der Waals surface area contributed by atoms with Crippen LogP contribution >= 0.6 is 0 Å². The normalized spacial score (nSPS) is 9.90. The molecule has 5 heteroatoms. The number of benzene rings is 2. The molecule has 0 fully saturated rings. The van der Waals surface area contributed by atoms with Crippen LogP contribution in [-0.2, 0) is 6.54 Å². The van der Waals surface area contributed by atoms with E-state index < -0.39 is 11.6 Å². The third-order valence-corrected chi connectivity index (χ3v) is 2.82. The van der Waals surface area contributed by atoms with Gasteiger partial charge in [0.15, 0.2) is 11.6 Å². The molecule has 0 aromatic heterocycles. The maximum Gasteiger partial charge on any atom is 0.159 e. The lowest BCUT2D eigenvalue weighted by molar-refractivity contribution is 0.416. The molecule has 2 rings (SSSR count). The van der Waals surface area contributed by atoms with Gasteiger partial charge in [-0.15, -0.1) is 0 Å². The number of nitrogens with zero attached hydrogens (tertiary/aromatic N) is 1. The van der Waals surface area contributed by atoms with E-state index in [4.69, 9.17) is 10.00 Å². The van der Waals surface area contributed by atoms with E-state index in [1.54, 1.807) is 18.2 Å². The molecule has 0 radical (unpaired) electrons. The van der Waals surface area contributed by atoms with Gasteiger partial charge in [0, 0.05) is 6.54 Å². The van der Waals surface area contributed by atoms with Crippen molar-refractivity contribution in [2.75, 3.05) is 12.4 Å². The van der Waals surface area contributed by atoms with Gasteiger partial charge in [-0.1, -0.05) is 12.1 Å². The van der Waals surface area contributed by atoms with Crippen LogP contribution in [-0.4, -0.2) is 7.11 Å². The minimum atomic E-state index is -0.898. The first-order valence-corrected chi connectivity index (χ1v) is 5.90. The largest absolute Gasteiger partial charge is 0.495 e. The van der Waals surface area contributed by atoms with Crippen LogP contribution in [0, 0.1) is 23.0 Å². The van der Waals surface area contributed by atoms with Gasteiger partial charge in [-0.3, -0.25) is 0 Å². The first-order valence-electron chi connectivity index (χ1n) is 5.90. The molecule has 2 aromatic carbocycles. The Morgan fingerprint density at radius 2 is 2.00 bits per heavy atom. The molecule has 0 unspecified atom stereocenters. The van der Waals surface area contributed by atoms with Crippen LogP contribution in [0.4, 0.5) is 14.5 Å². The van der Waals surface area contributed by atoms with Crippen LogP contribution < -0.4 is 10.1 Å². The molecule has 0 atom stereocenters. The first-order chi connectivity index (χ1) is 9.65. The summed E-state index contributed by atoms with van der Waals surface area (Å²) in [5.41, 5.74) is 1.52. The number of hydrogen-bond donors (Lipinski definition) is 1. The molecule has 0 heterocycles. The van der Waals surface area contributed by atoms with E-state index in [0.717, 1.165) is 12.1 Å². The Bertz CT molecular complexity index is 665. The summed E-state index contributed by atoms with van der Waals surface area (Å²) in [5, 5.41) is 12.1. The van der Waals surface area contributed by atoms with Crippen molar-refractivity contribution in [3.63, 3.8) is 0 Å². The van der Waals surface area contributed by atoms with Crippen LogP contribution in [0.15, 0.2) is 36.4 Å². The Kier molecular flexibility index (Phi) is 4.16. The Hall–Kier alpha value is -2.61. The zero-order chi connectivity index (χ0) is 14.5. The van der Waals surface area contributed by atoms with Gasteiger partial charge in [-0.05, 0) is 29.8 Å². The van der Waals surface area contributed by atoms with Gasteiger partial charge in [0.1, 0.15) is 11.8 Å². The minimum absolute atomic E-state index is 0.256. The lowest BCUT2D eigenvalue weighted by Crippen LogP contribution is -2.04. The monoisotopic (exact) mass is 274 g/mol. The maximum absolute atomic E-state index is 13.1. The van der Waals surface area contributed by atoms with Crippen molar-refractivity contribution in [3.8, 4) is 11.8 Å². The zero-order valence-corrected chi connectivity index (χ0v) is 10.8. The van der Waals surface area contributed by atoms with Crippen LogP contribution in [0.3, 0.4) is 0 Å². The van der Waals surface area contributed by atoms with Gasteiger partial charge < -0.3 is 10.1 Å². The molecule has 0 bridgehead atoms. The SMILES string of the molecule is COc1cccc(C#N)c1NCc1ccc(F)c(F)c1. The van der Waals surface area contributed by atoms with Crippen molar-refractivity contribution < 1.29 is 13.5 Å². The fourth-order valence-corrected chi connectivity index (χ4v) is 1.82. The Balaban J connectivity index is 2.22. The zero-order valence-electron chi connectivity index (χ0n) is 10.8. The van der Waals surface area contributed by atoms with Crippen molar-refractivity contribution in [2.45, 2.75) is 6.54 Å². The molecule has 0 aliphatic rings. The molecule has 3 nitrogen and oxygen atoms in total. The molecule has 20 heavy (non-hydrogen) atoms. The molecule has 2 aromatic rings. The second-order valence-electron chi connectivity index (χ2n) is 4.10. The third-order valence-electron chi connectivity index (χ3n) is 2.82. The lowest BCUT2D eigenvalue weighted by atomic mass is 10.1. The number of rotatable bonds is 4. The molecule has 0 spiro atoms. The summed E-state index contributed by atoms with van der Waals surface area (Å²) >= 11 is 0. The highest BCUT2D eigenvalue weighted by Crippen LogP contribution is 2.28. The summed E-state index contributed by atoms with van der Waals surface area (Å²) < 4.78 is 31.1. The lowest BCUT2D eigenvalue weighted by Gasteiger charge is -2.12. The molecule has 0 saturated heterocycles. The van der Waals surface area contributed by atoms with Gasteiger partial charge in [-0.2, -0.15) is 5.26 Å². The Morgan fingerprint density at radius 1 is 1.20 bits per heavy atom. The number of ether oxygens (including phenoxy) is 1. The summed E-state index contributed by atoms with van der Waals surface area (Å²) in [4.78, 5) is 0. The Morgan fingerprint density at radius 3 is 2.65 bits per heavy atom. The van der Waals surface area contributed by atoms with Gasteiger partial charge >= 0.3 is 0 Å². The quantitative estimate of drug-likeness (QED) is 0.928. The second kappa shape index (κ2) is 6.02. The molecular weight excluding hydrogens is 262 g/mol. The van der Waals surface area contributed by atoms with Crippen molar-refractivity contribution in [1.29, 1.82) is 5.26 Å². The number of nitriles is 1. The number of methoxy groups -OCH3 is 1. The van der Waals surface area contributed by atoms with Crippen LogP contribution in [0.5, 0.6) is 5.75 Å². The maximum atomic E-state index is 13.1. The fraction of sp³-hybridized carbons (Fsp3) is 0.133. The highest BCUT2D eigenvalue weighted by atomic mass is 19.2. The molecular formula is C15H12F2N2O. The van der Waals surface area contributed by atoms with E-state index in [0.29, 0.717) is 22.6 Å². The van der Waals surface area contributed by atoms with E-state index in [1.807, 2.05) is 0 Å². The van der Waals surface area contributed by atoms with Gasteiger partial charge in [-0.25, -0.2) is 8.78 Å². The summed E-state index contributed by atoms with van der Waals surface area (Å²) in [6.07, 6.45) is 0. The van der Waals surface area contributed by atoms with Gasteiger partial charge in [0.2, 0.25) is 0 Å². The van der Waals surface area contributed by atoms with Crippen molar-refractivity contribution >= 4 is 5.69 Å². The molecule has 0 aliphatic heterocycles. The number of para-hydroxylation sites is 1. The van der Waals surface area contributed by atoms with Crippen LogP contribution in [0.1, 0.15) is 11.1 Å². The fourth-order valence-electron chi connectivity index (χ4n) is 1.82. The van der Waals surface area contributed by atoms with Crippen LogP contribution in [0.2, 0.25) is 0 Å². The molecule has 0 saturated carbocycles. The highest BCUT2D eigenvalue weighted by Gasteiger charge is 2.09. The highest BCUT2D eigenvalue weighted by molar-refractivity contribution is 5.66. The number of hydrogen-bond acceptors (Lipinski definition) is 3. The van der Waals surface area contributed by atoms with E-state index in [9.17, 15) is 8.78 Å². The van der Waals surface area contributed by atoms with E-state index in [2.05, 4.69) is 11.4 Å². The number of nitrogens with one attached hydrogen (secondary N) is 1. The minimum Gasteiger partial charge on any atom is -0.495 e. The van der Waals surface area contributed by atoms with Crippen molar-refractivity contribution in [3.05, 3.63) is 59.2 Å². The number of halogens is 2. The number of anilines is 1. The Labute approximate surface area is 115 Å². The molecule has 1 N–H and O–H groups in total.